The van der Waals surface area contributed by atoms with Gasteiger partial charge >= 0.3 is 0 Å². The van der Waals surface area contributed by atoms with E-state index in [1.807, 2.05) is 7.05 Å². The number of benzene rings is 1. The first kappa shape index (κ1) is 16.8. The Morgan fingerprint density at radius 2 is 1.95 bits per heavy atom. The van der Waals surface area contributed by atoms with E-state index in [1.165, 1.54) is 17.5 Å². The van der Waals surface area contributed by atoms with Crippen molar-refractivity contribution in [2.75, 3.05) is 41.0 Å². The van der Waals surface area contributed by atoms with Crippen LogP contribution in [-0.4, -0.2) is 51.8 Å². The molecule has 1 unspecified atom stereocenters. The molecule has 1 aliphatic rings. The first-order valence-corrected chi connectivity index (χ1v) is 7.78. The fourth-order valence-corrected chi connectivity index (χ4v) is 2.83. The predicted octanol–water partition coefficient (Wildman–Crippen LogP) is 1.88. The third-order valence-corrected chi connectivity index (χ3v) is 3.98. The zero-order chi connectivity index (χ0) is 15.8. The number of guanidine groups is 1. The average Bonchev–Trinajstić information content (AvgIpc) is 2.99. The smallest absolute Gasteiger partial charge is 0.193 e. The Morgan fingerprint density at radius 1 is 1.23 bits per heavy atom. The van der Waals surface area contributed by atoms with Gasteiger partial charge in [0.2, 0.25) is 0 Å². The van der Waals surface area contributed by atoms with Gasteiger partial charge in [0, 0.05) is 46.8 Å². The molecule has 2 rings (SSSR count). The second-order valence-electron chi connectivity index (χ2n) is 5.71. The number of nitrogens with zero attached hydrogens (tertiary/aromatic N) is 2. The van der Waals surface area contributed by atoms with Crippen LogP contribution in [0.5, 0.6) is 0 Å². The maximum absolute atomic E-state index is 5.25. The Kier molecular flexibility index (Phi) is 6.68. The van der Waals surface area contributed by atoms with E-state index in [2.05, 4.69) is 39.5 Å². The van der Waals surface area contributed by atoms with Crippen molar-refractivity contribution in [3.05, 3.63) is 35.4 Å². The standard InChI is InChI=1S/C17H27N3O2/c1-18-17(20-9-8-16(11-20)13-22-3)19-10-14-4-6-15(7-5-14)12-21-2/h4-7,16H,8-13H2,1-3H3,(H,18,19). The largest absolute Gasteiger partial charge is 0.384 e. The van der Waals surface area contributed by atoms with E-state index in [9.17, 15) is 0 Å². The summed E-state index contributed by atoms with van der Waals surface area (Å²) in [4.78, 5) is 6.71. The molecule has 0 saturated carbocycles. The number of aliphatic imine (C=N–C) groups is 1. The van der Waals surface area contributed by atoms with Crippen molar-refractivity contribution in [2.24, 2.45) is 10.9 Å². The van der Waals surface area contributed by atoms with Crippen molar-refractivity contribution in [1.82, 2.24) is 10.2 Å². The molecule has 1 N–H and O–H groups in total. The Morgan fingerprint density at radius 3 is 2.59 bits per heavy atom. The lowest BCUT2D eigenvalue weighted by atomic mass is 10.1. The predicted molar refractivity (Wildman–Crippen MR) is 88.9 cm³/mol. The second-order valence-corrected chi connectivity index (χ2v) is 5.71. The van der Waals surface area contributed by atoms with Crippen LogP contribution in [0.2, 0.25) is 0 Å². The van der Waals surface area contributed by atoms with Crippen LogP contribution in [0.15, 0.2) is 29.3 Å². The number of rotatable bonds is 6. The highest BCUT2D eigenvalue weighted by atomic mass is 16.5. The minimum absolute atomic E-state index is 0.608. The Bertz CT molecular complexity index is 473. The van der Waals surface area contributed by atoms with Gasteiger partial charge in [-0.3, -0.25) is 4.99 Å². The van der Waals surface area contributed by atoms with Crippen molar-refractivity contribution in [3.8, 4) is 0 Å². The van der Waals surface area contributed by atoms with Crippen LogP contribution in [0.3, 0.4) is 0 Å². The highest BCUT2D eigenvalue weighted by molar-refractivity contribution is 5.80. The van der Waals surface area contributed by atoms with Gasteiger partial charge in [-0.25, -0.2) is 0 Å². The fraction of sp³-hybridized carbons (Fsp3) is 0.588. The van der Waals surface area contributed by atoms with Gasteiger partial charge in [0.15, 0.2) is 5.96 Å². The van der Waals surface area contributed by atoms with E-state index in [0.717, 1.165) is 32.2 Å². The van der Waals surface area contributed by atoms with E-state index in [0.29, 0.717) is 12.5 Å². The molecule has 0 aromatic heterocycles. The minimum atomic E-state index is 0.608. The second kappa shape index (κ2) is 8.76. The van der Waals surface area contributed by atoms with Gasteiger partial charge in [0.1, 0.15) is 0 Å². The molecule has 1 heterocycles. The molecule has 0 spiro atoms. The molecule has 0 amide bonds. The molecule has 1 aliphatic heterocycles. The van der Waals surface area contributed by atoms with Gasteiger partial charge in [0.25, 0.3) is 0 Å². The third kappa shape index (κ3) is 4.71. The maximum atomic E-state index is 5.25. The van der Waals surface area contributed by atoms with Crippen LogP contribution >= 0.6 is 0 Å². The fourth-order valence-electron chi connectivity index (χ4n) is 2.83. The van der Waals surface area contributed by atoms with E-state index in [-0.39, 0.29) is 0 Å². The summed E-state index contributed by atoms with van der Waals surface area (Å²) in [5.41, 5.74) is 2.44. The summed E-state index contributed by atoms with van der Waals surface area (Å²) < 4.78 is 10.4. The first-order valence-electron chi connectivity index (χ1n) is 7.78. The molecule has 0 bridgehead atoms. The molecule has 0 radical (unpaired) electrons. The summed E-state index contributed by atoms with van der Waals surface area (Å²) in [6, 6.07) is 8.47. The molecule has 22 heavy (non-hydrogen) atoms. The molecule has 1 saturated heterocycles. The summed E-state index contributed by atoms with van der Waals surface area (Å²) in [7, 11) is 5.32. The lowest BCUT2D eigenvalue weighted by molar-refractivity contribution is 0.157. The molecule has 1 aromatic rings. The number of hydrogen-bond acceptors (Lipinski definition) is 3. The summed E-state index contributed by atoms with van der Waals surface area (Å²) in [6.45, 7) is 4.32. The van der Waals surface area contributed by atoms with Crippen LogP contribution in [0.4, 0.5) is 0 Å². The van der Waals surface area contributed by atoms with Crippen molar-refractivity contribution in [2.45, 2.75) is 19.6 Å². The van der Waals surface area contributed by atoms with Gasteiger partial charge < -0.3 is 19.7 Å². The number of methoxy groups -OCH3 is 2. The Balaban J connectivity index is 1.84. The number of likely N-dealkylation sites (tertiary alicyclic amines) is 1. The van der Waals surface area contributed by atoms with Gasteiger partial charge in [-0.2, -0.15) is 0 Å². The first-order chi connectivity index (χ1) is 10.8. The van der Waals surface area contributed by atoms with Crippen molar-refractivity contribution < 1.29 is 9.47 Å². The molecule has 1 fully saturated rings. The van der Waals surface area contributed by atoms with Crippen LogP contribution in [0.1, 0.15) is 17.5 Å². The highest BCUT2D eigenvalue weighted by Gasteiger charge is 2.24. The van der Waals surface area contributed by atoms with Gasteiger partial charge in [-0.1, -0.05) is 24.3 Å². The molecule has 5 nitrogen and oxygen atoms in total. The van der Waals surface area contributed by atoms with Gasteiger partial charge in [-0.15, -0.1) is 0 Å². The van der Waals surface area contributed by atoms with Crippen molar-refractivity contribution >= 4 is 5.96 Å². The SMILES string of the molecule is CN=C(NCc1ccc(COC)cc1)N1CCC(COC)C1. The highest BCUT2D eigenvalue weighted by Crippen LogP contribution is 2.16. The average molecular weight is 305 g/mol. The monoisotopic (exact) mass is 305 g/mol. The number of nitrogens with one attached hydrogen (secondary N) is 1. The van der Waals surface area contributed by atoms with Crippen LogP contribution in [0, 0.1) is 5.92 Å². The molecule has 0 aliphatic carbocycles. The van der Waals surface area contributed by atoms with Crippen LogP contribution in [-0.2, 0) is 22.6 Å². The third-order valence-electron chi connectivity index (χ3n) is 3.98. The summed E-state index contributed by atoms with van der Waals surface area (Å²) in [5.74, 6) is 1.58. The van der Waals surface area contributed by atoms with E-state index >= 15 is 0 Å². The number of hydrogen-bond donors (Lipinski definition) is 1. The molecule has 1 atom stereocenters. The van der Waals surface area contributed by atoms with E-state index in [1.54, 1.807) is 14.2 Å². The Hall–Kier alpha value is -1.59. The summed E-state index contributed by atoms with van der Waals surface area (Å²) in [6.07, 6.45) is 1.17. The van der Waals surface area contributed by atoms with Crippen molar-refractivity contribution in [3.63, 3.8) is 0 Å². The molecular weight excluding hydrogens is 278 g/mol. The molecule has 1 aromatic carbocycles. The Labute approximate surface area is 133 Å². The quantitative estimate of drug-likeness (QED) is 0.644. The minimum Gasteiger partial charge on any atom is -0.384 e. The molecule has 5 heteroatoms. The summed E-state index contributed by atoms with van der Waals surface area (Å²) in [5, 5.41) is 3.45. The lowest BCUT2D eigenvalue weighted by Gasteiger charge is -2.21. The normalized spacial score (nSPS) is 18.8. The molecule has 122 valence electrons. The van der Waals surface area contributed by atoms with Crippen LogP contribution < -0.4 is 5.32 Å². The van der Waals surface area contributed by atoms with Crippen molar-refractivity contribution in [1.29, 1.82) is 0 Å². The topological polar surface area (TPSA) is 46.1 Å². The maximum Gasteiger partial charge on any atom is 0.193 e. The van der Waals surface area contributed by atoms with E-state index < -0.39 is 0 Å². The van der Waals surface area contributed by atoms with E-state index in [4.69, 9.17) is 9.47 Å². The lowest BCUT2D eigenvalue weighted by Crippen LogP contribution is -2.39. The number of ether oxygens (including phenoxy) is 2. The summed E-state index contributed by atoms with van der Waals surface area (Å²) >= 11 is 0. The zero-order valence-corrected chi connectivity index (χ0v) is 13.8. The molecular formula is C17H27N3O2. The van der Waals surface area contributed by atoms with Crippen LogP contribution in [0.25, 0.3) is 0 Å². The van der Waals surface area contributed by atoms with Gasteiger partial charge in [0.05, 0.1) is 13.2 Å². The van der Waals surface area contributed by atoms with Gasteiger partial charge in [-0.05, 0) is 17.5 Å². The zero-order valence-electron chi connectivity index (χ0n) is 13.8.